The summed E-state index contributed by atoms with van der Waals surface area (Å²) in [5.74, 6) is 0.691. The fraction of sp³-hybridized carbons (Fsp3) is 0.188. The number of carbonyl (C=O) groups is 1. The first-order valence-corrected chi connectivity index (χ1v) is 7.05. The van der Waals surface area contributed by atoms with Crippen LogP contribution in [-0.4, -0.2) is 12.5 Å². The van der Waals surface area contributed by atoms with E-state index < -0.39 is 0 Å². The zero-order chi connectivity index (χ0) is 15.1. The lowest BCUT2D eigenvalue weighted by Gasteiger charge is -2.07. The minimum absolute atomic E-state index is 0.0553. The van der Waals surface area contributed by atoms with Crippen molar-refractivity contribution in [3.05, 3.63) is 53.6 Å². The highest BCUT2D eigenvalue weighted by Gasteiger charge is 2.03. The molecule has 2 aromatic carbocycles. The molecule has 0 heterocycles. The highest BCUT2D eigenvalue weighted by molar-refractivity contribution is 6.30. The molecule has 3 N–H and O–H groups in total. The van der Waals surface area contributed by atoms with Gasteiger partial charge in [0.1, 0.15) is 5.75 Å². The molecule has 0 spiro atoms. The van der Waals surface area contributed by atoms with E-state index in [9.17, 15) is 4.79 Å². The largest absolute Gasteiger partial charge is 0.494 e. The Hall–Kier alpha value is -2.20. The number of hydrogen-bond acceptors (Lipinski definition) is 3. The number of hydrogen-bond donors (Lipinski definition) is 2. The average molecular weight is 305 g/mol. The molecule has 2 aromatic rings. The van der Waals surface area contributed by atoms with Crippen molar-refractivity contribution in [3.8, 4) is 5.75 Å². The van der Waals surface area contributed by atoms with Crippen LogP contribution in [0.4, 0.5) is 11.4 Å². The zero-order valence-corrected chi connectivity index (χ0v) is 12.3. The van der Waals surface area contributed by atoms with Crippen molar-refractivity contribution in [1.29, 1.82) is 0 Å². The molecule has 0 aliphatic rings. The number of amides is 1. The highest BCUT2D eigenvalue weighted by atomic mass is 35.5. The van der Waals surface area contributed by atoms with Gasteiger partial charge in [-0.15, -0.1) is 0 Å². The molecular weight excluding hydrogens is 288 g/mol. The van der Waals surface area contributed by atoms with Crippen molar-refractivity contribution in [2.75, 3.05) is 17.7 Å². The van der Waals surface area contributed by atoms with Gasteiger partial charge in [-0.1, -0.05) is 17.7 Å². The van der Waals surface area contributed by atoms with E-state index in [4.69, 9.17) is 22.1 Å². The maximum Gasteiger partial charge on any atom is 0.224 e. The normalized spacial score (nSPS) is 10.1. The van der Waals surface area contributed by atoms with Gasteiger partial charge < -0.3 is 15.8 Å². The smallest absolute Gasteiger partial charge is 0.224 e. The number of nitrogens with two attached hydrogens (primary N) is 1. The lowest BCUT2D eigenvalue weighted by atomic mass is 10.2. The zero-order valence-electron chi connectivity index (χ0n) is 11.5. The van der Waals surface area contributed by atoms with E-state index in [2.05, 4.69) is 5.32 Å². The number of nitrogens with one attached hydrogen (secondary N) is 1. The molecule has 0 radical (unpaired) electrons. The Balaban J connectivity index is 1.68. The molecule has 0 atom stereocenters. The number of halogens is 1. The Kier molecular flexibility index (Phi) is 5.46. The molecule has 2 rings (SSSR count). The molecule has 0 saturated heterocycles. The Bertz CT molecular complexity index is 599. The standard InChI is InChI=1S/C16H17ClN2O2/c17-12-6-8-15(9-7-12)21-10-2-5-16(20)19-14-4-1-3-13(18)11-14/h1,3-4,6-9,11H,2,5,10,18H2,(H,19,20). The monoisotopic (exact) mass is 304 g/mol. The summed E-state index contributed by atoms with van der Waals surface area (Å²) in [4.78, 5) is 11.8. The topological polar surface area (TPSA) is 64.3 Å². The molecule has 0 fully saturated rings. The van der Waals surface area contributed by atoms with Gasteiger partial charge in [0.25, 0.3) is 0 Å². The van der Waals surface area contributed by atoms with Crippen molar-refractivity contribution < 1.29 is 9.53 Å². The van der Waals surface area contributed by atoms with E-state index in [1.165, 1.54) is 0 Å². The lowest BCUT2D eigenvalue weighted by molar-refractivity contribution is -0.116. The van der Waals surface area contributed by atoms with Crippen LogP contribution in [0.3, 0.4) is 0 Å². The average Bonchev–Trinajstić information content (AvgIpc) is 2.45. The summed E-state index contributed by atoms with van der Waals surface area (Å²) < 4.78 is 5.52. The Morgan fingerprint density at radius 2 is 1.95 bits per heavy atom. The number of ether oxygens (including phenoxy) is 1. The molecule has 21 heavy (non-hydrogen) atoms. The maximum atomic E-state index is 11.8. The molecule has 0 aromatic heterocycles. The second-order valence-corrected chi connectivity index (χ2v) is 5.02. The van der Waals surface area contributed by atoms with E-state index in [0.29, 0.717) is 35.8 Å². The SMILES string of the molecule is Nc1cccc(NC(=O)CCCOc2ccc(Cl)cc2)c1. The third-order valence-electron chi connectivity index (χ3n) is 2.80. The van der Waals surface area contributed by atoms with Crippen molar-refractivity contribution in [3.63, 3.8) is 0 Å². The van der Waals surface area contributed by atoms with Gasteiger partial charge in [0, 0.05) is 22.8 Å². The molecule has 4 nitrogen and oxygen atoms in total. The van der Waals surface area contributed by atoms with Crippen LogP contribution in [0.2, 0.25) is 5.02 Å². The van der Waals surface area contributed by atoms with Gasteiger partial charge in [0.2, 0.25) is 5.91 Å². The van der Waals surface area contributed by atoms with Gasteiger partial charge >= 0.3 is 0 Å². The van der Waals surface area contributed by atoms with Crippen molar-refractivity contribution in [1.82, 2.24) is 0 Å². The molecule has 0 saturated carbocycles. The first-order valence-electron chi connectivity index (χ1n) is 6.67. The Morgan fingerprint density at radius 1 is 1.19 bits per heavy atom. The van der Waals surface area contributed by atoms with Crippen LogP contribution in [0.5, 0.6) is 5.75 Å². The molecule has 110 valence electrons. The van der Waals surface area contributed by atoms with Crippen LogP contribution < -0.4 is 15.8 Å². The van der Waals surface area contributed by atoms with E-state index in [-0.39, 0.29) is 5.91 Å². The quantitative estimate of drug-likeness (QED) is 0.631. The molecule has 5 heteroatoms. The van der Waals surface area contributed by atoms with E-state index in [1.807, 2.05) is 0 Å². The van der Waals surface area contributed by atoms with Crippen LogP contribution in [0.25, 0.3) is 0 Å². The summed E-state index contributed by atoms with van der Waals surface area (Å²) in [6.07, 6.45) is 1.03. The van der Waals surface area contributed by atoms with E-state index in [1.54, 1.807) is 48.5 Å². The van der Waals surface area contributed by atoms with Crippen molar-refractivity contribution in [2.45, 2.75) is 12.8 Å². The summed E-state index contributed by atoms with van der Waals surface area (Å²) in [5, 5.41) is 3.47. The fourth-order valence-corrected chi connectivity index (χ4v) is 1.92. The maximum absolute atomic E-state index is 11.8. The first-order chi connectivity index (χ1) is 10.1. The van der Waals surface area contributed by atoms with Crippen molar-refractivity contribution in [2.24, 2.45) is 0 Å². The van der Waals surface area contributed by atoms with Crippen LogP contribution in [-0.2, 0) is 4.79 Å². The Labute approximate surface area is 128 Å². The highest BCUT2D eigenvalue weighted by Crippen LogP contribution is 2.16. The predicted octanol–water partition coefficient (Wildman–Crippen LogP) is 3.72. The molecular formula is C16H17ClN2O2. The second-order valence-electron chi connectivity index (χ2n) is 4.58. The van der Waals surface area contributed by atoms with Gasteiger partial charge in [-0.3, -0.25) is 4.79 Å². The number of nitrogen functional groups attached to an aromatic ring is 1. The first kappa shape index (κ1) is 15.2. The molecule has 0 aliphatic carbocycles. The molecule has 1 amide bonds. The molecule has 0 aliphatic heterocycles. The lowest BCUT2D eigenvalue weighted by Crippen LogP contribution is -2.12. The number of rotatable bonds is 6. The van der Waals surface area contributed by atoms with Gasteiger partial charge in [0.05, 0.1) is 6.61 Å². The number of benzene rings is 2. The van der Waals surface area contributed by atoms with Crippen LogP contribution in [0.1, 0.15) is 12.8 Å². The number of carbonyl (C=O) groups excluding carboxylic acids is 1. The van der Waals surface area contributed by atoms with Gasteiger partial charge in [-0.2, -0.15) is 0 Å². The van der Waals surface area contributed by atoms with Crippen LogP contribution in [0.15, 0.2) is 48.5 Å². The molecule has 0 bridgehead atoms. The minimum atomic E-state index is -0.0553. The number of anilines is 2. The minimum Gasteiger partial charge on any atom is -0.494 e. The van der Waals surface area contributed by atoms with Crippen molar-refractivity contribution >= 4 is 28.9 Å². The van der Waals surface area contributed by atoms with Gasteiger partial charge in [-0.25, -0.2) is 0 Å². The third-order valence-corrected chi connectivity index (χ3v) is 3.05. The summed E-state index contributed by atoms with van der Waals surface area (Å²) >= 11 is 5.79. The summed E-state index contributed by atoms with van der Waals surface area (Å²) in [6.45, 7) is 0.478. The molecule has 0 unspecified atom stereocenters. The van der Waals surface area contributed by atoms with Gasteiger partial charge in [0.15, 0.2) is 0 Å². The summed E-state index contributed by atoms with van der Waals surface area (Å²) in [6, 6.07) is 14.2. The van der Waals surface area contributed by atoms with Crippen LogP contribution >= 0.6 is 11.6 Å². The summed E-state index contributed by atoms with van der Waals surface area (Å²) in [5.41, 5.74) is 6.98. The van der Waals surface area contributed by atoms with Crippen LogP contribution in [0, 0.1) is 0 Å². The van der Waals surface area contributed by atoms with Gasteiger partial charge in [-0.05, 0) is 48.9 Å². The second kappa shape index (κ2) is 7.55. The summed E-state index contributed by atoms with van der Waals surface area (Å²) in [7, 11) is 0. The fourth-order valence-electron chi connectivity index (χ4n) is 1.79. The predicted molar refractivity (Wildman–Crippen MR) is 85.7 cm³/mol. The Morgan fingerprint density at radius 3 is 2.67 bits per heavy atom. The van der Waals surface area contributed by atoms with E-state index in [0.717, 1.165) is 5.75 Å². The van der Waals surface area contributed by atoms with E-state index >= 15 is 0 Å². The third kappa shape index (κ3) is 5.36.